The number of aromatic nitrogens is 2. The Morgan fingerprint density at radius 1 is 1.36 bits per heavy atom. The Labute approximate surface area is 86.6 Å². The van der Waals surface area contributed by atoms with E-state index < -0.39 is 10.0 Å². The molecule has 0 unspecified atom stereocenters. The van der Waals surface area contributed by atoms with Crippen molar-refractivity contribution in [3.05, 3.63) is 17.5 Å². The Balaban J connectivity index is 2.22. The Bertz CT molecular complexity index is 444. The quantitative estimate of drug-likeness (QED) is 0.847. The van der Waals surface area contributed by atoms with E-state index in [4.69, 9.17) is 11.6 Å². The third kappa shape index (κ3) is 1.96. The molecule has 1 heterocycles. The highest BCUT2D eigenvalue weighted by Gasteiger charge is 2.36. The second-order valence-electron chi connectivity index (χ2n) is 3.04. The van der Waals surface area contributed by atoms with Gasteiger partial charge in [-0.15, -0.1) is 0 Å². The fraction of sp³-hybridized carbons (Fsp3) is 0.429. The van der Waals surface area contributed by atoms with E-state index in [1.165, 1.54) is 12.4 Å². The first-order chi connectivity index (χ1) is 6.59. The van der Waals surface area contributed by atoms with Crippen LogP contribution in [0.2, 0.25) is 5.15 Å². The lowest BCUT2D eigenvalue weighted by molar-refractivity contribution is 0.599. The predicted molar refractivity (Wildman–Crippen MR) is 52.6 cm³/mol. The van der Waals surface area contributed by atoms with Gasteiger partial charge in [-0.3, -0.25) is 4.72 Å². The van der Waals surface area contributed by atoms with E-state index >= 15 is 0 Å². The summed E-state index contributed by atoms with van der Waals surface area (Å²) in [4.78, 5) is 7.51. The molecular formula is C7H8ClN3O2S. The third-order valence-corrected chi connectivity index (χ3v) is 3.96. The molecule has 1 aromatic rings. The molecule has 0 radical (unpaired) electrons. The van der Waals surface area contributed by atoms with Gasteiger partial charge in [0.15, 0.2) is 11.0 Å². The molecule has 0 aromatic carbocycles. The van der Waals surface area contributed by atoms with E-state index in [1.807, 2.05) is 0 Å². The van der Waals surface area contributed by atoms with Crippen molar-refractivity contribution in [3.63, 3.8) is 0 Å². The molecule has 1 N–H and O–H groups in total. The Morgan fingerprint density at radius 3 is 2.57 bits per heavy atom. The van der Waals surface area contributed by atoms with Crippen LogP contribution in [0.25, 0.3) is 0 Å². The van der Waals surface area contributed by atoms with Gasteiger partial charge in [0.25, 0.3) is 0 Å². The average molecular weight is 234 g/mol. The number of anilines is 1. The lowest BCUT2D eigenvalue weighted by Gasteiger charge is -2.05. The van der Waals surface area contributed by atoms with Crippen molar-refractivity contribution in [2.45, 2.75) is 18.1 Å². The molecule has 1 aliphatic carbocycles. The predicted octanol–water partition coefficient (Wildman–Crippen LogP) is 1.03. The molecule has 1 saturated carbocycles. The first-order valence-electron chi connectivity index (χ1n) is 4.08. The van der Waals surface area contributed by atoms with E-state index in [2.05, 4.69) is 14.7 Å². The minimum atomic E-state index is -3.30. The molecule has 2 rings (SSSR count). The summed E-state index contributed by atoms with van der Waals surface area (Å²) in [5, 5.41) is -0.225. The number of nitrogens with zero attached hydrogens (tertiary/aromatic N) is 2. The van der Waals surface area contributed by atoms with Gasteiger partial charge in [-0.2, -0.15) is 0 Å². The lowest BCUT2D eigenvalue weighted by Crippen LogP contribution is -2.18. The minimum absolute atomic E-state index is 0.0664. The van der Waals surface area contributed by atoms with Gasteiger partial charge < -0.3 is 0 Å². The van der Waals surface area contributed by atoms with Crippen LogP contribution < -0.4 is 4.72 Å². The maximum atomic E-state index is 11.5. The standard InChI is InChI=1S/C7H8ClN3O2S/c8-6-7(10-4-3-9-6)11-14(12,13)5-1-2-5/h3-5H,1-2H2,(H,10,11). The Hall–Kier alpha value is -0.880. The molecule has 5 nitrogen and oxygen atoms in total. The van der Waals surface area contributed by atoms with Crippen LogP contribution in [0.15, 0.2) is 12.4 Å². The summed E-state index contributed by atoms with van der Waals surface area (Å²) in [5.41, 5.74) is 0. The molecule has 0 atom stereocenters. The average Bonchev–Trinajstić information content (AvgIpc) is 2.91. The molecule has 0 amide bonds. The van der Waals surface area contributed by atoms with Crippen LogP contribution in [-0.4, -0.2) is 23.6 Å². The van der Waals surface area contributed by atoms with Crippen molar-refractivity contribution in [1.29, 1.82) is 0 Å². The molecule has 1 aliphatic rings. The highest BCUT2D eigenvalue weighted by Crippen LogP contribution is 2.30. The van der Waals surface area contributed by atoms with E-state index in [0.29, 0.717) is 12.8 Å². The number of halogens is 1. The fourth-order valence-electron chi connectivity index (χ4n) is 0.986. The number of rotatable bonds is 3. The second-order valence-corrected chi connectivity index (χ2v) is 5.36. The maximum absolute atomic E-state index is 11.5. The van der Waals surface area contributed by atoms with Crippen LogP contribution in [0.3, 0.4) is 0 Å². The molecule has 0 aliphatic heterocycles. The van der Waals surface area contributed by atoms with Crippen LogP contribution >= 0.6 is 11.6 Å². The van der Waals surface area contributed by atoms with Crippen molar-refractivity contribution < 1.29 is 8.42 Å². The van der Waals surface area contributed by atoms with E-state index in [9.17, 15) is 8.42 Å². The van der Waals surface area contributed by atoms with Gasteiger partial charge >= 0.3 is 0 Å². The molecule has 76 valence electrons. The van der Waals surface area contributed by atoms with E-state index in [0.717, 1.165) is 0 Å². The zero-order valence-electron chi connectivity index (χ0n) is 7.14. The largest absolute Gasteiger partial charge is 0.265 e. The molecule has 14 heavy (non-hydrogen) atoms. The van der Waals surface area contributed by atoms with Gasteiger partial charge in [-0.05, 0) is 12.8 Å². The highest BCUT2D eigenvalue weighted by molar-refractivity contribution is 7.93. The molecule has 7 heteroatoms. The van der Waals surface area contributed by atoms with Crippen LogP contribution in [0, 0.1) is 0 Å². The van der Waals surface area contributed by atoms with Gasteiger partial charge in [0.05, 0.1) is 5.25 Å². The molecule has 0 spiro atoms. The smallest absolute Gasteiger partial charge is 0.236 e. The topological polar surface area (TPSA) is 72.0 Å². The monoisotopic (exact) mass is 233 g/mol. The summed E-state index contributed by atoms with van der Waals surface area (Å²) in [6.07, 6.45) is 4.19. The summed E-state index contributed by atoms with van der Waals surface area (Å²) in [6.45, 7) is 0. The summed E-state index contributed by atoms with van der Waals surface area (Å²) < 4.78 is 25.3. The number of hydrogen-bond donors (Lipinski definition) is 1. The lowest BCUT2D eigenvalue weighted by atomic mass is 10.7. The van der Waals surface area contributed by atoms with Crippen LogP contribution in [0.1, 0.15) is 12.8 Å². The van der Waals surface area contributed by atoms with E-state index in [1.54, 1.807) is 0 Å². The highest BCUT2D eigenvalue weighted by atomic mass is 35.5. The number of sulfonamides is 1. The minimum Gasteiger partial charge on any atom is -0.265 e. The molecule has 1 fully saturated rings. The first kappa shape index (κ1) is 9.67. The molecule has 0 bridgehead atoms. The normalized spacial score (nSPS) is 16.6. The van der Waals surface area contributed by atoms with Crippen LogP contribution in [-0.2, 0) is 10.0 Å². The zero-order chi connectivity index (χ0) is 10.2. The van der Waals surface area contributed by atoms with Crippen molar-refractivity contribution in [2.24, 2.45) is 0 Å². The maximum Gasteiger partial charge on any atom is 0.236 e. The van der Waals surface area contributed by atoms with Crippen molar-refractivity contribution in [1.82, 2.24) is 9.97 Å². The summed E-state index contributed by atoms with van der Waals surface area (Å²) in [5.74, 6) is 0.0982. The van der Waals surface area contributed by atoms with Crippen molar-refractivity contribution in [3.8, 4) is 0 Å². The van der Waals surface area contributed by atoms with Crippen LogP contribution in [0.5, 0.6) is 0 Å². The Morgan fingerprint density at radius 2 is 2.00 bits per heavy atom. The summed E-state index contributed by atoms with van der Waals surface area (Å²) in [6, 6.07) is 0. The van der Waals surface area contributed by atoms with Gasteiger partial charge in [-0.25, -0.2) is 18.4 Å². The van der Waals surface area contributed by atoms with Gasteiger partial charge in [0, 0.05) is 12.4 Å². The first-order valence-corrected chi connectivity index (χ1v) is 6.00. The van der Waals surface area contributed by atoms with E-state index in [-0.39, 0.29) is 16.2 Å². The molecule has 1 aromatic heterocycles. The molecule has 0 saturated heterocycles. The Kier molecular flexibility index (Phi) is 2.32. The van der Waals surface area contributed by atoms with Gasteiger partial charge in [0.2, 0.25) is 10.0 Å². The SMILES string of the molecule is O=S(=O)(Nc1nccnc1Cl)C1CC1. The van der Waals surface area contributed by atoms with Crippen molar-refractivity contribution in [2.75, 3.05) is 4.72 Å². The fourth-order valence-corrected chi connectivity index (χ4v) is 2.54. The summed E-state index contributed by atoms with van der Waals surface area (Å²) in [7, 11) is -3.30. The third-order valence-electron chi connectivity index (χ3n) is 1.86. The van der Waals surface area contributed by atoms with Gasteiger partial charge in [-0.1, -0.05) is 11.6 Å². The van der Waals surface area contributed by atoms with Gasteiger partial charge in [0.1, 0.15) is 0 Å². The van der Waals surface area contributed by atoms with Crippen LogP contribution in [0.4, 0.5) is 5.82 Å². The molecular weight excluding hydrogens is 226 g/mol. The zero-order valence-corrected chi connectivity index (χ0v) is 8.72. The number of nitrogens with one attached hydrogen (secondary N) is 1. The second kappa shape index (κ2) is 3.36. The van der Waals surface area contributed by atoms with Crippen molar-refractivity contribution >= 4 is 27.4 Å². The summed E-state index contributed by atoms with van der Waals surface area (Å²) >= 11 is 5.65. The number of hydrogen-bond acceptors (Lipinski definition) is 4.